The molecular formula is C25H24N2O6S. The van der Waals surface area contributed by atoms with Crippen molar-refractivity contribution in [1.82, 2.24) is 4.57 Å². The molecule has 0 amide bonds. The number of para-hydroxylation sites is 1. The van der Waals surface area contributed by atoms with Crippen LogP contribution in [0, 0.1) is 0 Å². The summed E-state index contributed by atoms with van der Waals surface area (Å²) in [5.41, 5.74) is 1.79. The quantitative estimate of drug-likeness (QED) is 0.545. The molecule has 1 N–H and O–H groups in total. The van der Waals surface area contributed by atoms with Crippen molar-refractivity contribution in [3.8, 4) is 17.2 Å². The van der Waals surface area contributed by atoms with Gasteiger partial charge >= 0.3 is 5.97 Å². The van der Waals surface area contributed by atoms with Crippen LogP contribution in [0.15, 0.2) is 63.5 Å². The van der Waals surface area contributed by atoms with Crippen LogP contribution in [0.1, 0.15) is 31.0 Å². The summed E-state index contributed by atoms with van der Waals surface area (Å²) in [6.45, 7) is 3.66. The van der Waals surface area contributed by atoms with E-state index in [0.717, 1.165) is 0 Å². The molecule has 0 radical (unpaired) electrons. The summed E-state index contributed by atoms with van der Waals surface area (Å²) >= 11 is 1.21. The van der Waals surface area contributed by atoms with Crippen molar-refractivity contribution in [3.05, 3.63) is 84.5 Å². The first-order valence-corrected chi connectivity index (χ1v) is 11.4. The van der Waals surface area contributed by atoms with Gasteiger partial charge in [0.2, 0.25) is 0 Å². The Bertz CT molecular complexity index is 1470. The van der Waals surface area contributed by atoms with Gasteiger partial charge in [0.1, 0.15) is 11.8 Å². The number of phenols is 1. The van der Waals surface area contributed by atoms with E-state index >= 15 is 0 Å². The number of aromatic nitrogens is 1. The minimum Gasteiger partial charge on any atom is -0.504 e. The van der Waals surface area contributed by atoms with Crippen molar-refractivity contribution in [2.24, 2.45) is 4.99 Å². The Hall–Kier alpha value is -3.85. The lowest BCUT2D eigenvalue weighted by Gasteiger charge is -2.25. The summed E-state index contributed by atoms with van der Waals surface area (Å²) in [5.74, 6) is 0.319. The van der Waals surface area contributed by atoms with E-state index in [2.05, 4.69) is 4.99 Å². The molecule has 2 heterocycles. The van der Waals surface area contributed by atoms with Crippen molar-refractivity contribution < 1.29 is 24.1 Å². The van der Waals surface area contributed by atoms with Crippen molar-refractivity contribution in [2.45, 2.75) is 19.9 Å². The van der Waals surface area contributed by atoms with Crippen LogP contribution in [-0.2, 0) is 9.53 Å². The highest BCUT2D eigenvalue weighted by atomic mass is 32.1. The van der Waals surface area contributed by atoms with Crippen molar-refractivity contribution in [3.63, 3.8) is 0 Å². The van der Waals surface area contributed by atoms with Gasteiger partial charge in [-0.3, -0.25) is 9.36 Å². The number of carbonyl (C=O) groups is 1. The number of hydrogen-bond donors (Lipinski definition) is 1. The Labute approximate surface area is 199 Å². The fraction of sp³-hybridized carbons (Fsp3) is 0.240. The van der Waals surface area contributed by atoms with Crippen LogP contribution in [0.2, 0.25) is 0 Å². The van der Waals surface area contributed by atoms with E-state index in [1.165, 1.54) is 29.1 Å². The number of thiazole rings is 1. The van der Waals surface area contributed by atoms with Gasteiger partial charge in [-0.2, -0.15) is 0 Å². The Morgan fingerprint density at radius 2 is 1.91 bits per heavy atom. The highest BCUT2D eigenvalue weighted by molar-refractivity contribution is 7.07. The summed E-state index contributed by atoms with van der Waals surface area (Å²) in [5, 5.41) is 9.87. The second kappa shape index (κ2) is 9.56. The van der Waals surface area contributed by atoms with Gasteiger partial charge in [-0.25, -0.2) is 9.79 Å². The molecule has 9 heteroatoms. The average molecular weight is 481 g/mol. The second-order valence-electron chi connectivity index (χ2n) is 7.48. The maximum Gasteiger partial charge on any atom is 0.338 e. The van der Waals surface area contributed by atoms with Gasteiger partial charge in [0.05, 0.1) is 36.6 Å². The number of phenolic OH excluding ortho intramolecular Hbond substituents is 1. The van der Waals surface area contributed by atoms with E-state index in [0.29, 0.717) is 37.7 Å². The minimum atomic E-state index is -0.761. The lowest BCUT2D eigenvalue weighted by Crippen LogP contribution is -2.40. The number of nitrogens with zero attached hydrogens (tertiary/aromatic N) is 2. The van der Waals surface area contributed by atoms with E-state index in [1.807, 2.05) is 18.2 Å². The normalized spacial score (nSPS) is 15.5. The predicted molar refractivity (Wildman–Crippen MR) is 128 cm³/mol. The first-order chi connectivity index (χ1) is 16.4. The Kier molecular flexibility index (Phi) is 6.56. The first kappa shape index (κ1) is 23.3. The van der Waals surface area contributed by atoms with Gasteiger partial charge in [0.25, 0.3) is 5.56 Å². The monoisotopic (exact) mass is 480 g/mol. The third kappa shape index (κ3) is 4.10. The number of carbonyl (C=O) groups excluding carboxylic acids is 1. The molecule has 1 aliphatic heterocycles. The molecule has 0 bridgehead atoms. The van der Waals surface area contributed by atoms with Crippen LogP contribution in [-0.4, -0.2) is 36.5 Å². The number of fused-ring (bicyclic) bond motifs is 1. The summed E-state index contributed by atoms with van der Waals surface area (Å²) in [4.78, 5) is 31.6. The molecule has 8 nitrogen and oxygen atoms in total. The van der Waals surface area contributed by atoms with Crippen LogP contribution in [0.5, 0.6) is 17.2 Å². The molecule has 34 heavy (non-hydrogen) atoms. The molecule has 3 aromatic rings. The van der Waals surface area contributed by atoms with Crippen molar-refractivity contribution >= 4 is 23.4 Å². The van der Waals surface area contributed by atoms with Crippen molar-refractivity contribution in [1.29, 1.82) is 0 Å². The zero-order chi connectivity index (χ0) is 24.4. The number of benzene rings is 2. The number of ether oxygens (including phenoxy) is 3. The van der Waals surface area contributed by atoms with Gasteiger partial charge in [0, 0.05) is 5.56 Å². The summed E-state index contributed by atoms with van der Waals surface area (Å²) in [6.07, 6.45) is 1.70. The third-order valence-corrected chi connectivity index (χ3v) is 6.44. The Morgan fingerprint density at radius 3 is 2.62 bits per heavy atom. The number of esters is 1. The number of methoxy groups -OCH3 is 2. The minimum absolute atomic E-state index is 0.00647. The van der Waals surface area contributed by atoms with E-state index in [4.69, 9.17) is 14.2 Å². The average Bonchev–Trinajstić information content (AvgIpc) is 3.13. The number of aromatic hydroxyl groups is 1. The fourth-order valence-corrected chi connectivity index (χ4v) is 4.96. The molecule has 1 atom stereocenters. The SMILES string of the molecule is CCOC(=O)C1=C(C)N=c2s/c(=C/c3ccc(O)c(OC)c3)c(=O)n2[C@H]1c1ccccc1OC. The molecule has 0 aliphatic carbocycles. The zero-order valence-electron chi connectivity index (χ0n) is 19.2. The summed E-state index contributed by atoms with van der Waals surface area (Å²) in [7, 11) is 3.00. The van der Waals surface area contributed by atoms with E-state index in [9.17, 15) is 14.7 Å². The molecule has 1 aromatic heterocycles. The van der Waals surface area contributed by atoms with Crippen LogP contribution < -0.4 is 24.4 Å². The molecule has 4 rings (SSSR count). The third-order valence-electron chi connectivity index (χ3n) is 5.45. The van der Waals surface area contributed by atoms with Crippen LogP contribution in [0.25, 0.3) is 6.08 Å². The van der Waals surface area contributed by atoms with Gasteiger partial charge in [-0.15, -0.1) is 0 Å². The topological polar surface area (TPSA) is 99.4 Å². The molecule has 176 valence electrons. The first-order valence-electron chi connectivity index (χ1n) is 10.6. The van der Waals surface area contributed by atoms with Gasteiger partial charge in [-0.05, 0) is 43.7 Å². The maximum absolute atomic E-state index is 13.6. The Balaban J connectivity index is 1.97. The number of hydrogen-bond acceptors (Lipinski definition) is 8. The van der Waals surface area contributed by atoms with E-state index in [-0.39, 0.29) is 23.5 Å². The molecule has 2 aromatic carbocycles. The Morgan fingerprint density at radius 1 is 1.18 bits per heavy atom. The van der Waals surface area contributed by atoms with Gasteiger partial charge in [0.15, 0.2) is 16.3 Å². The zero-order valence-corrected chi connectivity index (χ0v) is 20.0. The lowest BCUT2D eigenvalue weighted by atomic mass is 9.95. The molecule has 0 spiro atoms. The number of allylic oxidation sites excluding steroid dienone is 1. The van der Waals surface area contributed by atoms with Gasteiger partial charge < -0.3 is 19.3 Å². The van der Waals surface area contributed by atoms with Crippen LogP contribution in [0.3, 0.4) is 0 Å². The number of rotatable bonds is 6. The highest BCUT2D eigenvalue weighted by Gasteiger charge is 2.34. The predicted octanol–water partition coefficient (Wildman–Crippen LogP) is 2.52. The molecule has 0 unspecified atom stereocenters. The lowest BCUT2D eigenvalue weighted by molar-refractivity contribution is -0.139. The summed E-state index contributed by atoms with van der Waals surface area (Å²) < 4.78 is 18.0. The largest absolute Gasteiger partial charge is 0.504 e. The molecular weight excluding hydrogens is 456 g/mol. The molecule has 0 fully saturated rings. The molecule has 0 saturated heterocycles. The van der Waals surface area contributed by atoms with E-state index < -0.39 is 12.0 Å². The van der Waals surface area contributed by atoms with Gasteiger partial charge in [-0.1, -0.05) is 35.6 Å². The highest BCUT2D eigenvalue weighted by Crippen LogP contribution is 2.35. The van der Waals surface area contributed by atoms with Crippen LogP contribution >= 0.6 is 11.3 Å². The molecule has 1 aliphatic rings. The molecule has 0 saturated carbocycles. The maximum atomic E-state index is 13.6. The smallest absolute Gasteiger partial charge is 0.338 e. The van der Waals surface area contributed by atoms with Crippen LogP contribution in [0.4, 0.5) is 0 Å². The van der Waals surface area contributed by atoms with Crippen molar-refractivity contribution in [2.75, 3.05) is 20.8 Å². The fourth-order valence-electron chi connectivity index (χ4n) is 3.91. The van der Waals surface area contributed by atoms with E-state index in [1.54, 1.807) is 45.2 Å². The standard InChI is InChI=1S/C25H24N2O6S/c1-5-33-24(30)21-14(2)26-25-27(22(21)16-8-6-7-9-18(16)31-3)23(29)20(34-25)13-15-10-11-17(28)19(12-15)32-4/h6-13,22,28H,5H2,1-4H3/b20-13+/t22-/m0/s1. The second-order valence-corrected chi connectivity index (χ2v) is 8.48. The summed E-state index contributed by atoms with van der Waals surface area (Å²) in [6, 6.07) is 11.3.